The number of phenols is 3. The van der Waals surface area contributed by atoms with E-state index in [0.717, 1.165) is 18.2 Å². The highest BCUT2D eigenvalue weighted by Gasteiger charge is 2.10. The number of furan rings is 1. The molecule has 4 rings (SSSR count). The number of carbonyl (C=O) groups is 6. The van der Waals surface area contributed by atoms with E-state index in [0.29, 0.717) is 47.1 Å². The van der Waals surface area contributed by atoms with E-state index in [2.05, 4.69) is 19.7 Å². The van der Waals surface area contributed by atoms with E-state index in [9.17, 15) is 33.9 Å². The molecule has 0 bridgehead atoms. The fourth-order valence-corrected chi connectivity index (χ4v) is 2.74. The molecular weight excluding hydrogens is 728 g/mol. The van der Waals surface area contributed by atoms with Gasteiger partial charge in [-0.3, -0.25) is 14.4 Å². The molecule has 17 heteroatoms. The maximum atomic E-state index is 10.5. The lowest BCUT2D eigenvalue weighted by Gasteiger charge is -2.08. The summed E-state index contributed by atoms with van der Waals surface area (Å²) in [5, 5.41) is 58.6. The molecule has 0 amide bonds. The van der Waals surface area contributed by atoms with Gasteiger partial charge < -0.3 is 54.4 Å². The number of phenolic OH excluding ortho intramolecular Hbond substituents is 3. The van der Waals surface area contributed by atoms with Crippen LogP contribution in [0, 0.1) is 0 Å². The number of benzene rings is 3. The number of aliphatic carboxylic acids is 3. The van der Waals surface area contributed by atoms with Crippen molar-refractivity contribution < 1.29 is 83.1 Å². The monoisotopic (exact) mass is 770 g/mol. The molecule has 0 atom stereocenters. The van der Waals surface area contributed by atoms with Crippen molar-refractivity contribution in [1.29, 1.82) is 0 Å². The average Bonchev–Trinajstić information content (AvgIpc) is 3.74. The number of hydrogen-bond acceptors (Lipinski definition) is 14. The first kappa shape index (κ1) is 51.7. The number of ether oxygens (including phenoxy) is 3. The van der Waals surface area contributed by atoms with Crippen LogP contribution >= 0.6 is 0 Å². The molecule has 296 valence electrons. The van der Waals surface area contributed by atoms with Gasteiger partial charge in [-0.25, -0.2) is 14.4 Å². The number of hydrogen-bond donors (Lipinski definition) is 7. The number of aromatic hydroxyl groups is 3. The third kappa shape index (κ3) is 25.9. The minimum Gasteiger partial charge on any atom is -0.507 e. The number of carboxylic acids is 3. The molecule has 0 aliphatic carbocycles. The van der Waals surface area contributed by atoms with Gasteiger partial charge in [-0.15, -0.1) is 0 Å². The van der Waals surface area contributed by atoms with Gasteiger partial charge in [0, 0.05) is 29.4 Å². The van der Waals surface area contributed by atoms with E-state index in [1.165, 1.54) is 64.0 Å². The summed E-state index contributed by atoms with van der Waals surface area (Å²) in [6, 6.07) is 17.1. The number of carbonyl (C=O) groups excluding carboxylic acids is 3. The molecule has 0 aliphatic heterocycles. The zero-order valence-corrected chi connectivity index (χ0v) is 29.9. The van der Waals surface area contributed by atoms with Gasteiger partial charge in [0.2, 0.25) is 5.75 Å². The van der Waals surface area contributed by atoms with Crippen molar-refractivity contribution in [2.75, 3.05) is 21.3 Å². The Balaban J connectivity index is -0.000000593. The van der Waals surface area contributed by atoms with Gasteiger partial charge >= 0.3 is 17.9 Å². The summed E-state index contributed by atoms with van der Waals surface area (Å²) in [7, 11) is 4.25. The Kier molecular flexibility index (Phi) is 30.3. The molecule has 3 aromatic carbocycles. The van der Waals surface area contributed by atoms with Crippen LogP contribution in [0.5, 0.6) is 34.5 Å². The molecule has 0 spiro atoms. The molecule has 17 nitrogen and oxygen atoms in total. The van der Waals surface area contributed by atoms with Gasteiger partial charge in [0.1, 0.15) is 30.7 Å². The topological polar surface area (TPSA) is 285 Å². The zero-order valence-electron chi connectivity index (χ0n) is 29.9. The second-order valence-corrected chi connectivity index (χ2v) is 8.98. The van der Waals surface area contributed by atoms with Gasteiger partial charge in [-0.05, 0) is 54.6 Å². The van der Waals surface area contributed by atoms with Crippen molar-refractivity contribution in [2.24, 2.45) is 0 Å². The number of para-hydroxylation sites is 1. The third-order valence-corrected chi connectivity index (χ3v) is 5.30. The maximum absolute atomic E-state index is 10.5. The summed E-state index contributed by atoms with van der Waals surface area (Å²) >= 11 is 0. The Morgan fingerprint density at radius 3 is 1.35 bits per heavy atom. The first-order valence-corrected chi connectivity index (χ1v) is 14.7. The van der Waals surface area contributed by atoms with Gasteiger partial charge in [0.05, 0.1) is 33.2 Å². The second-order valence-electron chi connectivity index (χ2n) is 8.98. The number of carboxylic acid groups (broad SMARTS) is 3. The zero-order chi connectivity index (χ0) is 42.8. The van der Waals surface area contributed by atoms with Crippen LogP contribution < -0.4 is 14.2 Å². The molecule has 7 N–H and O–H groups in total. The normalized spacial score (nSPS) is 8.44. The summed E-state index contributed by atoms with van der Waals surface area (Å²) in [5.74, 6) is -1.60. The van der Waals surface area contributed by atoms with E-state index in [4.69, 9.17) is 49.3 Å². The maximum Gasteiger partial charge on any atom is 0.327 e. The first-order valence-electron chi connectivity index (χ1n) is 14.7. The van der Waals surface area contributed by atoms with Crippen molar-refractivity contribution in [1.82, 2.24) is 0 Å². The summed E-state index contributed by atoms with van der Waals surface area (Å²) < 4.78 is 19.2. The predicted molar refractivity (Wildman–Crippen MR) is 198 cm³/mol. The molecule has 0 unspecified atom stereocenters. The highest BCUT2D eigenvalue weighted by molar-refractivity contribution is 5.80. The standard InChI is InChI=1S/C9H10O4.C8H8O3.C7H6O2.C5H6O2.3C3H4O2/c1-12-7-3-6(5-10)4-8(13-2)9(7)11;1-11-8-4-6(5-9)2-3-7(8)10;8-5-6-3-1-2-4-7(6)9;6-4-5-2-1-3-7-5;3*1-2-3(4)5/h3-5,11H,1-2H3;2-5,10H,1H3;1-5,9H;1-3,6H,4H2;3*2H,1H2,(H,4,5). The van der Waals surface area contributed by atoms with Crippen LogP contribution in [-0.4, -0.2) is 93.8 Å². The first-order chi connectivity index (χ1) is 26.1. The van der Waals surface area contributed by atoms with Crippen molar-refractivity contribution in [3.05, 3.63) is 133 Å². The van der Waals surface area contributed by atoms with Crippen molar-refractivity contribution >= 4 is 36.8 Å². The summed E-state index contributed by atoms with van der Waals surface area (Å²) in [6.45, 7) is 8.87. The number of aldehydes is 3. The van der Waals surface area contributed by atoms with Crippen molar-refractivity contribution in [2.45, 2.75) is 6.61 Å². The average molecular weight is 771 g/mol. The molecule has 4 aromatic rings. The molecule has 0 saturated carbocycles. The molecule has 0 fully saturated rings. The molecule has 0 saturated heterocycles. The van der Waals surface area contributed by atoms with Gasteiger partial charge in [0.15, 0.2) is 29.3 Å². The van der Waals surface area contributed by atoms with E-state index >= 15 is 0 Å². The molecule has 1 heterocycles. The van der Waals surface area contributed by atoms with Gasteiger partial charge in [-0.2, -0.15) is 0 Å². The Bertz CT molecular complexity index is 1710. The SMILES string of the molecule is C=CC(=O)O.C=CC(=O)O.C=CC(=O)O.COc1cc(C=O)cc(OC)c1O.COc1cc(C=O)ccc1O.O=Cc1ccccc1O.OCc1ccco1. The predicted octanol–water partition coefficient (Wildman–Crippen LogP) is 5.18. The minimum absolute atomic E-state index is 0.00694. The molecule has 0 radical (unpaired) electrons. The minimum atomic E-state index is -0.981. The molecule has 1 aromatic heterocycles. The van der Waals surface area contributed by atoms with Crippen LogP contribution in [0.4, 0.5) is 0 Å². The lowest BCUT2D eigenvalue weighted by atomic mass is 10.2. The van der Waals surface area contributed by atoms with Crippen molar-refractivity contribution in [3.8, 4) is 34.5 Å². The summed E-state index contributed by atoms with van der Waals surface area (Å²) in [4.78, 5) is 58.5. The Morgan fingerprint density at radius 1 is 0.618 bits per heavy atom. The van der Waals surface area contributed by atoms with Crippen LogP contribution in [0.2, 0.25) is 0 Å². The third-order valence-electron chi connectivity index (χ3n) is 5.30. The van der Waals surface area contributed by atoms with E-state index in [1.54, 1.807) is 30.3 Å². The summed E-state index contributed by atoms with van der Waals surface area (Å²) in [5.41, 5.74) is 1.21. The fraction of sp³-hybridized carbons (Fsp3) is 0.105. The molecule has 0 aliphatic rings. The van der Waals surface area contributed by atoms with E-state index in [1.807, 2.05) is 0 Å². The van der Waals surface area contributed by atoms with Crippen LogP contribution in [0.25, 0.3) is 0 Å². The van der Waals surface area contributed by atoms with Crippen LogP contribution in [0.15, 0.2) is 115 Å². The van der Waals surface area contributed by atoms with Crippen LogP contribution in [0.3, 0.4) is 0 Å². The molecule has 55 heavy (non-hydrogen) atoms. The number of rotatable bonds is 10. The summed E-state index contributed by atoms with van der Waals surface area (Å²) in [6.07, 6.45) is 6.01. The van der Waals surface area contributed by atoms with Crippen LogP contribution in [-0.2, 0) is 21.0 Å². The lowest BCUT2D eigenvalue weighted by Crippen LogP contribution is -1.91. The largest absolute Gasteiger partial charge is 0.507 e. The van der Waals surface area contributed by atoms with Gasteiger partial charge in [0.25, 0.3) is 0 Å². The van der Waals surface area contributed by atoms with E-state index < -0.39 is 17.9 Å². The van der Waals surface area contributed by atoms with Crippen LogP contribution in [0.1, 0.15) is 36.8 Å². The number of methoxy groups -OCH3 is 3. The smallest absolute Gasteiger partial charge is 0.327 e. The van der Waals surface area contributed by atoms with E-state index in [-0.39, 0.29) is 35.4 Å². The Morgan fingerprint density at radius 2 is 1.05 bits per heavy atom. The molecular formula is C38H42O17. The Labute approximate surface area is 315 Å². The highest BCUT2D eigenvalue weighted by Crippen LogP contribution is 2.36. The quantitative estimate of drug-likeness (QED) is 0.0807. The second kappa shape index (κ2) is 32.3. The lowest BCUT2D eigenvalue weighted by molar-refractivity contribution is -0.132. The van der Waals surface area contributed by atoms with Gasteiger partial charge in [-0.1, -0.05) is 31.9 Å². The number of aliphatic hydroxyl groups excluding tert-OH is 1. The number of aliphatic hydroxyl groups is 1. The fourth-order valence-electron chi connectivity index (χ4n) is 2.74. The Hall–Kier alpha value is -7.66. The highest BCUT2D eigenvalue weighted by atomic mass is 16.5. The van der Waals surface area contributed by atoms with Crippen molar-refractivity contribution in [3.63, 3.8) is 0 Å².